The molecule has 1 aromatic heterocycles. The second-order valence-corrected chi connectivity index (χ2v) is 7.41. The number of halogens is 1. The van der Waals surface area contributed by atoms with E-state index in [1.54, 1.807) is 11.3 Å². The van der Waals surface area contributed by atoms with Crippen molar-refractivity contribution in [1.29, 1.82) is 0 Å². The second kappa shape index (κ2) is 6.54. The van der Waals surface area contributed by atoms with Gasteiger partial charge in [-0.2, -0.15) is 0 Å². The fraction of sp³-hybridized carbons (Fsp3) is 0.389. The number of benzene rings is 1. The summed E-state index contributed by atoms with van der Waals surface area (Å²) in [5.41, 5.74) is 3.18. The molecular formula is C18H20ClNO2S. The van der Waals surface area contributed by atoms with E-state index in [0.29, 0.717) is 5.02 Å². The standard InChI is InChI=1S/C18H20ClNO2S/c1-11-8-14(19)9-12(2)18(11)22-10-17(21)20-6-4-16-15(13(20)3)5-7-23-16/h5,7-9,13H,4,6,10H2,1-3H3/t13-/m0/s1. The highest BCUT2D eigenvalue weighted by molar-refractivity contribution is 7.10. The van der Waals surface area contributed by atoms with Gasteiger partial charge >= 0.3 is 0 Å². The summed E-state index contributed by atoms with van der Waals surface area (Å²) in [5.74, 6) is 0.784. The zero-order valence-electron chi connectivity index (χ0n) is 13.6. The normalized spacial score (nSPS) is 17.0. The first-order valence-electron chi connectivity index (χ1n) is 7.72. The van der Waals surface area contributed by atoms with Crippen LogP contribution in [-0.4, -0.2) is 24.0 Å². The van der Waals surface area contributed by atoms with Crippen LogP contribution in [0.3, 0.4) is 0 Å². The second-order valence-electron chi connectivity index (χ2n) is 5.97. The lowest BCUT2D eigenvalue weighted by molar-refractivity contribution is -0.135. The van der Waals surface area contributed by atoms with Crippen LogP contribution >= 0.6 is 22.9 Å². The van der Waals surface area contributed by atoms with E-state index in [9.17, 15) is 4.79 Å². The average Bonchev–Trinajstić information content (AvgIpc) is 2.95. The molecule has 0 saturated heterocycles. The minimum atomic E-state index is 0.0306. The number of carbonyl (C=O) groups is 1. The number of rotatable bonds is 3. The number of aryl methyl sites for hydroxylation is 2. The Hall–Kier alpha value is -1.52. The molecule has 1 amide bonds. The van der Waals surface area contributed by atoms with Crippen molar-refractivity contribution in [2.45, 2.75) is 33.2 Å². The predicted molar refractivity (Wildman–Crippen MR) is 94.6 cm³/mol. The van der Waals surface area contributed by atoms with Gasteiger partial charge in [-0.1, -0.05) is 11.6 Å². The number of fused-ring (bicyclic) bond motifs is 1. The van der Waals surface area contributed by atoms with Crippen molar-refractivity contribution in [3.63, 3.8) is 0 Å². The number of carbonyl (C=O) groups excluding carboxylic acids is 1. The molecule has 2 aromatic rings. The van der Waals surface area contributed by atoms with Crippen LogP contribution in [0.25, 0.3) is 0 Å². The highest BCUT2D eigenvalue weighted by Crippen LogP contribution is 2.33. The van der Waals surface area contributed by atoms with Crippen LogP contribution in [-0.2, 0) is 11.2 Å². The van der Waals surface area contributed by atoms with Crippen molar-refractivity contribution in [3.8, 4) is 5.75 Å². The quantitative estimate of drug-likeness (QED) is 0.814. The molecule has 0 aliphatic carbocycles. The maximum atomic E-state index is 12.6. The van der Waals surface area contributed by atoms with Gasteiger partial charge in [-0.15, -0.1) is 11.3 Å². The van der Waals surface area contributed by atoms with E-state index in [0.717, 1.165) is 29.8 Å². The van der Waals surface area contributed by atoms with Crippen LogP contribution < -0.4 is 4.74 Å². The number of thiophene rings is 1. The topological polar surface area (TPSA) is 29.5 Å². The van der Waals surface area contributed by atoms with E-state index in [4.69, 9.17) is 16.3 Å². The van der Waals surface area contributed by atoms with Gasteiger partial charge in [-0.3, -0.25) is 4.79 Å². The highest BCUT2D eigenvalue weighted by Gasteiger charge is 2.28. The molecule has 5 heteroatoms. The Balaban J connectivity index is 1.69. The van der Waals surface area contributed by atoms with Crippen LogP contribution in [0.15, 0.2) is 23.6 Å². The third-order valence-corrected chi connectivity index (χ3v) is 5.58. The molecule has 0 spiro atoms. The predicted octanol–water partition coefficient (Wildman–Crippen LogP) is 4.54. The van der Waals surface area contributed by atoms with E-state index >= 15 is 0 Å². The molecule has 0 unspecified atom stereocenters. The zero-order valence-corrected chi connectivity index (χ0v) is 15.1. The van der Waals surface area contributed by atoms with Gasteiger partial charge in [0, 0.05) is 16.4 Å². The summed E-state index contributed by atoms with van der Waals surface area (Å²) in [6.07, 6.45) is 0.933. The van der Waals surface area contributed by atoms with Crippen LogP contribution in [0.2, 0.25) is 5.02 Å². The summed E-state index contributed by atoms with van der Waals surface area (Å²) in [6.45, 7) is 6.80. The summed E-state index contributed by atoms with van der Waals surface area (Å²) in [5, 5.41) is 2.79. The van der Waals surface area contributed by atoms with Gasteiger partial charge < -0.3 is 9.64 Å². The molecule has 2 heterocycles. The third-order valence-electron chi connectivity index (χ3n) is 4.36. The molecule has 23 heavy (non-hydrogen) atoms. The fourth-order valence-corrected chi connectivity index (χ4v) is 4.48. The van der Waals surface area contributed by atoms with Crippen molar-refractivity contribution in [1.82, 2.24) is 4.90 Å². The Morgan fingerprint density at radius 2 is 2.09 bits per heavy atom. The molecular weight excluding hydrogens is 330 g/mol. The van der Waals surface area contributed by atoms with E-state index < -0.39 is 0 Å². The van der Waals surface area contributed by atoms with Crippen molar-refractivity contribution in [2.75, 3.05) is 13.2 Å². The minimum Gasteiger partial charge on any atom is -0.483 e. The summed E-state index contributed by atoms with van der Waals surface area (Å²) in [6, 6.07) is 5.96. The SMILES string of the molecule is Cc1cc(Cl)cc(C)c1OCC(=O)N1CCc2sccc2[C@@H]1C. The smallest absolute Gasteiger partial charge is 0.261 e. The molecule has 122 valence electrons. The Morgan fingerprint density at radius 3 is 2.78 bits per heavy atom. The first-order valence-corrected chi connectivity index (χ1v) is 8.98. The Bertz CT molecular complexity index is 717. The average molecular weight is 350 g/mol. The number of hydrogen-bond acceptors (Lipinski definition) is 3. The van der Waals surface area contributed by atoms with Crippen molar-refractivity contribution in [2.24, 2.45) is 0 Å². The van der Waals surface area contributed by atoms with E-state index in [1.807, 2.05) is 30.9 Å². The first-order chi connectivity index (χ1) is 11.0. The van der Waals surface area contributed by atoms with Crippen LogP contribution in [0.5, 0.6) is 5.75 Å². The molecule has 1 aliphatic heterocycles. The summed E-state index contributed by atoms with van der Waals surface area (Å²) in [4.78, 5) is 15.9. The van der Waals surface area contributed by atoms with E-state index in [2.05, 4.69) is 18.4 Å². The van der Waals surface area contributed by atoms with Gasteiger partial charge in [0.05, 0.1) is 6.04 Å². The monoisotopic (exact) mass is 349 g/mol. The van der Waals surface area contributed by atoms with Gasteiger partial charge in [0.25, 0.3) is 5.91 Å². The third kappa shape index (κ3) is 3.24. The summed E-state index contributed by atoms with van der Waals surface area (Å²) in [7, 11) is 0. The highest BCUT2D eigenvalue weighted by atomic mass is 35.5. The number of hydrogen-bond donors (Lipinski definition) is 0. The van der Waals surface area contributed by atoms with Gasteiger partial charge in [0.2, 0.25) is 0 Å². The van der Waals surface area contributed by atoms with Gasteiger partial charge in [0.1, 0.15) is 5.75 Å². The van der Waals surface area contributed by atoms with Crippen molar-refractivity contribution >= 4 is 28.8 Å². The summed E-state index contributed by atoms with van der Waals surface area (Å²) >= 11 is 7.81. The zero-order chi connectivity index (χ0) is 16.6. The Kier molecular flexibility index (Phi) is 4.64. The van der Waals surface area contributed by atoms with Crippen LogP contribution in [0.1, 0.15) is 34.5 Å². The molecule has 0 fully saturated rings. The number of nitrogens with zero attached hydrogens (tertiary/aromatic N) is 1. The number of amides is 1. The summed E-state index contributed by atoms with van der Waals surface area (Å²) < 4.78 is 5.81. The first kappa shape index (κ1) is 16.3. The molecule has 0 radical (unpaired) electrons. The fourth-order valence-electron chi connectivity index (χ4n) is 3.19. The van der Waals surface area contributed by atoms with Crippen LogP contribution in [0.4, 0.5) is 0 Å². The van der Waals surface area contributed by atoms with Crippen molar-refractivity contribution in [3.05, 3.63) is 50.2 Å². The minimum absolute atomic E-state index is 0.0306. The van der Waals surface area contributed by atoms with Crippen molar-refractivity contribution < 1.29 is 9.53 Å². The molecule has 1 aromatic carbocycles. The molecule has 1 aliphatic rings. The van der Waals surface area contributed by atoms with Crippen LogP contribution in [0, 0.1) is 13.8 Å². The maximum Gasteiger partial charge on any atom is 0.261 e. The molecule has 1 atom stereocenters. The molecule has 0 saturated carbocycles. The van der Waals surface area contributed by atoms with E-state index in [1.165, 1.54) is 10.4 Å². The Morgan fingerprint density at radius 1 is 1.39 bits per heavy atom. The molecule has 3 nitrogen and oxygen atoms in total. The Labute approximate surface area is 145 Å². The number of ether oxygens (including phenoxy) is 1. The molecule has 3 rings (SSSR count). The van der Waals surface area contributed by atoms with Gasteiger partial charge in [0.15, 0.2) is 6.61 Å². The van der Waals surface area contributed by atoms with Gasteiger partial charge in [-0.05, 0) is 67.5 Å². The lowest BCUT2D eigenvalue weighted by Gasteiger charge is -2.33. The molecule has 0 N–H and O–H groups in total. The lowest BCUT2D eigenvalue weighted by Crippen LogP contribution is -2.40. The largest absolute Gasteiger partial charge is 0.483 e. The maximum absolute atomic E-state index is 12.6. The molecule has 0 bridgehead atoms. The van der Waals surface area contributed by atoms with E-state index in [-0.39, 0.29) is 18.6 Å². The lowest BCUT2D eigenvalue weighted by atomic mass is 10.0. The van der Waals surface area contributed by atoms with Gasteiger partial charge in [-0.25, -0.2) is 0 Å².